The molecule has 0 saturated heterocycles. The second kappa shape index (κ2) is 8.48. The Labute approximate surface area is 168 Å². The predicted octanol–water partition coefficient (Wildman–Crippen LogP) is 4.15. The molecule has 0 aliphatic heterocycles. The van der Waals surface area contributed by atoms with Gasteiger partial charge in [-0.15, -0.1) is 0 Å². The summed E-state index contributed by atoms with van der Waals surface area (Å²) < 4.78 is 10.5. The molecular formula is C22H22ClNO4. The quantitative estimate of drug-likeness (QED) is 0.632. The number of esters is 1. The van der Waals surface area contributed by atoms with Crippen molar-refractivity contribution >= 4 is 34.4 Å². The molecule has 3 rings (SSSR count). The van der Waals surface area contributed by atoms with E-state index in [0.29, 0.717) is 17.0 Å². The molecule has 5 nitrogen and oxygen atoms in total. The highest BCUT2D eigenvalue weighted by Gasteiger charge is 2.23. The Morgan fingerprint density at radius 3 is 2.61 bits per heavy atom. The van der Waals surface area contributed by atoms with E-state index in [9.17, 15) is 9.59 Å². The monoisotopic (exact) mass is 399 g/mol. The summed E-state index contributed by atoms with van der Waals surface area (Å²) in [5.41, 5.74) is 4.16. The normalized spacial score (nSPS) is 12.0. The number of aryl methyl sites for hydroxylation is 2. The van der Waals surface area contributed by atoms with Crippen LogP contribution in [0.4, 0.5) is 0 Å². The van der Waals surface area contributed by atoms with Gasteiger partial charge in [0.05, 0.1) is 19.8 Å². The minimum Gasteiger partial charge on any atom is -0.467 e. The molecular weight excluding hydrogens is 378 g/mol. The fourth-order valence-corrected chi connectivity index (χ4v) is 3.49. The summed E-state index contributed by atoms with van der Waals surface area (Å²) >= 11 is 6.35. The Morgan fingerprint density at radius 2 is 1.93 bits per heavy atom. The lowest BCUT2D eigenvalue weighted by Crippen LogP contribution is -2.43. The molecule has 0 bridgehead atoms. The number of benzene rings is 2. The third-order valence-corrected chi connectivity index (χ3v) is 5.33. The summed E-state index contributed by atoms with van der Waals surface area (Å²) in [7, 11) is 1.31. The maximum atomic E-state index is 12.6. The first kappa shape index (κ1) is 20.0. The number of rotatable bonds is 6. The zero-order valence-electron chi connectivity index (χ0n) is 16.0. The van der Waals surface area contributed by atoms with Crippen molar-refractivity contribution < 1.29 is 18.7 Å². The van der Waals surface area contributed by atoms with Crippen LogP contribution in [0.2, 0.25) is 5.02 Å². The number of carbonyl (C=O) groups excluding carboxylic acids is 2. The van der Waals surface area contributed by atoms with Crippen LogP contribution in [-0.4, -0.2) is 25.0 Å². The second-order valence-electron chi connectivity index (χ2n) is 6.78. The van der Waals surface area contributed by atoms with Crippen molar-refractivity contribution in [1.29, 1.82) is 0 Å². The largest absolute Gasteiger partial charge is 0.467 e. The van der Waals surface area contributed by atoms with Gasteiger partial charge in [0.25, 0.3) is 0 Å². The van der Waals surface area contributed by atoms with Gasteiger partial charge in [-0.1, -0.05) is 41.9 Å². The van der Waals surface area contributed by atoms with Crippen LogP contribution in [0.5, 0.6) is 0 Å². The number of amides is 1. The number of ether oxygens (including phenoxy) is 1. The topological polar surface area (TPSA) is 68.5 Å². The number of halogens is 1. The minimum atomic E-state index is -0.759. The molecule has 1 amide bonds. The molecule has 3 aromatic rings. The Balaban J connectivity index is 1.79. The number of methoxy groups -OCH3 is 1. The molecule has 0 saturated carbocycles. The molecule has 0 unspecified atom stereocenters. The lowest BCUT2D eigenvalue weighted by Gasteiger charge is -2.16. The van der Waals surface area contributed by atoms with E-state index in [0.717, 1.165) is 27.6 Å². The highest BCUT2D eigenvalue weighted by atomic mass is 35.5. The van der Waals surface area contributed by atoms with Crippen molar-refractivity contribution in [3.63, 3.8) is 0 Å². The first-order chi connectivity index (χ1) is 13.4. The third-order valence-electron chi connectivity index (χ3n) is 4.75. The van der Waals surface area contributed by atoms with Crippen molar-refractivity contribution in [3.8, 4) is 0 Å². The van der Waals surface area contributed by atoms with Gasteiger partial charge >= 0.3 is 5.97 Å². The average molecular weight is 400 g/mol. The predicted molar refractivity (Wildman–Crippen MR) is 108 cm³/mol. The van der Waals surface area contributed by atoms with Crippen molar-refractivity contribution in [2.75, 3.05) is 7.11 Å². The van der Waals surface area contributed by atoms with Gasteiger partial charge in [0.2, 0.25) is 5.91 Å². The van der Waals surface area contributed by atoms with Crippen LogP contribution in [0.25, 0.3) is 11.0 Å². The van der Waals surface area contributed by atoms with Crippen LogP contribution in [0, 0.1) is 13.8 Å². The van der Waals surface area contributed by atoms with Crippen molar-refractivity contribution in [2.45, 2.75) is 32.7 Å². The van der Waals surface area contributed by atoms with E-state index in [1.165, 1.54) is 7.11 Å². The maximum Gasteiger partial charge on any atom is 0.328 e. The lowest BCUT2D eigenvalue weighted by molar-refractivity contribution is -0.145. The number of nitrogens with one attached hydrogen (secondary N) is 1. The first-order valence-corrected chi connectivity index (χ1v) is 9.35. The molecule has 1 heterocycles. The van der Waals surface area contributed by atoms with Gasteiger partial charge < -0.3 is 14.5 Å². The van der Waals surface area contributed by atoms with E-state index in [2.05, 4.69) is 5.32 Å². The Hall–Kier alpha value is -2.79. The number of fused-ring (bicyclic) bond motifs is 1. The van der Waals surface area contributed by atoms with Gasteiger partial charge in [-0.3, -0.25) is 4.79 Å². The molecule has 0 radical (unpaired) electrons. The van der Waals surface area contributed by atoms with E-state index in [1.807, 2.05) is 50.2 Å². The lowest BCUT2D eigenvalue weighted by atomic mass is 10.0. The SMILES string of the molecule is COC(=O)[C@@H](Cc1ccccc1)NC(=O)Cc1coc2cc(C)c(Cl)c(C)c12. The summed E-state index contributed by atoms with van der Waals surface area (Å²) in [5.74, 6) is -0.769. The summed E-state index contributed by atoms with van der Waals surface area (Å²) in [6, 6.07) is 10.6. The van der Waals surface area contributed by atoms with Gasteiger partial charge in [0.1, 0.15) is 11.6 Å². The van der Waals surface area contributed by atoms with E-state index in [4.69, 9.17) is 20.8 Å². The molecule has 0 fully saturated rings. The van der Waals surface area contributed by atoms with E-state index >= 15 is 0 Å². The van der Waals surface area contributed by atoms with Crippen molar-refractivity contribution in [2.24, 2.45) is 0 Å². The molecule has 146 valence electrons. The van der Waals surface area contributed by atoms with E-state index in [-0.39, 0.29) is 12.3 Å². The van der Waals surface area contributed by atoms with Crippen LogP contribution < -0.4 is 5.32 Å². The first-order valence-electron chi connectivity index (χ1n) is 8.97. The number of furan rings is 1. The van der Waals surface area contributed by atoms with Crippen LogP contribution in [0.3, 0.4) is 0 Å². The maximum absolute atomic E-state index is 12.6. The van der Waals surface area contributed by atoms with E-state index < -0.39 is 12.0 Å². The van der Waals surface area contributed by atoms with Crippen LogP contribution in [0.15, 0.2) is 47.1 Å². The smallest absolute Gasteiger partial charge is 0.328 e. The minimum absolute atomic E-state index is 0.0789. The summed E-state index contributed by atoms with van der Waals surface area (Å²) in [6.45, 7) is 3.81. The average Bonchev–Trinajstić information content (AvgIpc) is 3.08. The van der Waals surface area contributed by atoms with Crippen LogP contribution in [-0.2, 0) is 27.2 Å². The number of hydrogen-bond acceptors (Lipinski definition) is 4. The Morgan fingerprint density at radius 1 is 1.21 bits per heavy atom. The van der Waals surface area contributed by atoms with Crippen LogP contribution in [0.1, 0.15) is 22.3 Å². The molecule has 0 aliphatic carbocycles. The Kier molecular flexibility index (Phi) is 6.05. The zero-order valence-corrected chi connectivity index (χ0v) is 16.8. The van der Waals surface area contributed by atoms with Crippen LogP contribution >= 0.6 is 11.6 Å². The highest BCUT2D eigenvalue weighted by molar-refractivity contribution is 6.33. The summed E-state index contributed by atoms with van der Waals surface area (Å²) in [5, 5.41) is 4.27. The Bertz CT molecular complexity index is 1010. The standard InChI is InChI=1S/C22H22ClNO4/c1-13-9-18-20(14(2)21(13)23)16(12-28-18)11-19(25)24-17(22(26)27-3)10-15-7-5-4-6-8-15/h4-9,12,17H,10-11H2,1-3H3,(H,24,25)/t17-/m1/s1. The zero-order chi connectivity index (χ0) is 20.3. The summed E-state index contributed by atoms with van der Waals surface area (Å²) in [4.78, 5) is 24.8. The van der Waals surface area contributed by atoms with Crippen molar-refractivity contribution in [3.05, 3.63) is 69.9 Å². The molecule has 28 heavy (non-hydrogen) atoms. The molecule has 2 aromatic carbocycles. The van der Waals surface area contributed by atoms with Gasteiger partial charge in [0, 0.05) is 22.4 Å². The highest BCUT2D eigenvalue weighted by Crippen LogP contribution is 2.32. The van der Waals surface area contributed by atoms with Gasteiger partial charge in [-0.05, 0) is 36.6 Å². The summed E-state index contributed by atoms with van der Waals surface area (Å²) in [6.07, 6.45) is 2.00. The van der Waals surface area contributed by atoms with Gasteiger partial charge in [0.15, 0.2) is 0 Å². The van der Waals surface area contributed by atoms with Crippen molar-refractivity contribution in [1.82, 2.24) is 5.32 Å². The fraction of sp³-hybridized carbons (Fsp3) is 0.273. The third kappa shape index (κ3) is 4.20. The van der Waals surface area contributed by atoms with Gasteiger partial charge in [-0.25, -0.2) is 4.79 Å². The molecule has 1 N–H and O–H groups in total. The number of hydrogen-bond donors (Lipinski definition) is 1. The molecule has 6 heteroatoms. The second-order valence-corrected chi connectivity index (χ2v) is 7.15. The molecule has 0 spiro atoms. The molecule has 1 atom stereocenters. The number of carbonyl (C=O) groups is 2. The molecule has 1 aromatic heterocycles. The van der Waals surface area contributed by atoms with E-state index in [1.54, 1.807) is 6.26 Å². The molecule has 0 aliphatic rings. The van der Waals surface area contributed by atoms with Gasteiger partial charge in [-0.2, -0.15) is 0 Å². The fourth-order valence-electron chi connectivity index (χ4n) is 3.34.